The molecule has 0 saturated carbocycles. The van der Waals surface area contributed by atoms with Gasteiger partial charge < -0.3 is 0 Å². The summed E-state index contributed by atoms with van der Waals surface area (Å²) in [5.41, 5.74) is 6.40. The molecule has 0 fully saturated rings. The van der Waals surface area contributed by atoms with Crippen molar-refractivity contribution < 1.29 is 4.79 Å². The van der Waals surface area contributed by atoms with Crippen molar-refractivity contribution in [2.24, 2.45) is 14.1 Å². The Morgan fingerprint density at radius 3 is 1.96 bits per heavy atom. The number of hydrogen-bond acceptors (Lipinski definition) is 4. The fourth-order valence-corrected chi connectivity index (χ4v) is 3.02. The number of carbonyl (C=O) groups is 1. The number of rotatable bonds is 6. The summed E-state index contributed by atoms with van der Waals surface area (Å²) < 4.78 is 2.25. The highest BCUT2D eigenvalue weighted by atomic mass is 16.2. The van der Waals surface area contributed by atoms with E-state index in [2.05, 4.69) is 10.9 Å². The molecule has 1 amide bonds. The van der Waals surface area contributed by atoms with E-state index in [1.165, 1.54) is 24.7 Å². The molecule has 0 atom stereocenters. The Labute approximate surface area is 162 Å². The van der Waals surface area contributed by atoms with Gasteiger partial charge >= 0.3 is 5.69 Å². The van der Waals surface area contributed by atoms with Crippen LogP contribution in [0.15, 0.2) is 76.3 Å². The summed E-state index contributed by atoms with van der Waals surface area (Å²) in [7, 11) is 2.92. The summed E-state index contributed by atoms with van der Waals surface area (Å²) in [6, 6.07) is 20.8. The van der Waals surface area contributed by atoms with Crippen molar-refractivity contribution in [2.45, 2.75) is 12.3 Å². The maximum absolute atomic E-state index is 12.6. The van der Waals surface area contributed by atoms with Gasteiger partial charge in [-0.1, -0.05) is 60.7 Å². The molecule has 3 rings (SSSR count). The van der Waals surface area contributed by atoms with Gasteiger partial charge in [-0.15, -0.1) is 0 Å². The zero-order valence-corrected chi connectivity index (χ0v) is 15.8. The zero-order chi connectivity index (χ0) is 20.1. The third-order valence-electron chi connectivity index (χ3n) is 4.65. The van der Waals surface area contributed by atoms with Crippen molar-refractivity contribution in [1.29, 1.82) is 0 Å². The normalized spacial score (nSPS) is 10.7. The minimum Gasteiger partial charge on any atom is -0.283 e. The summed E-state index contributed by atoms with van der Waals surface area (Å²) >= 11 is 0. The minimum atomic E-state index is -0.476. The third-order valence-corrected chi connectivity index (χ3v) is 4.65. The fourth-order valence-electron chi connectivity index (χ4n) is 3.02. The fraction of sp³-hybridized carbons (Fsp3) is 0.190. The van der Waals surface area contributed by atoms with Crippen LogP contribution in [-0.4, -0.2) is 15.0 Å². The molecule has 0 radical (unpaired) electrons. The number of nitrogens with one attached hydrogen (secondary N) is 2. The molecular formula is C21H22N4O3. The molecule has 2 aromatic carbocycles. The van der Waals surface area contributed by atoms with Gasteiger partial charge in [0.05, 0.1) is 0 Å². The maximum atomic E-state index is 12.6. The van der Waals surface area contributed by atoms with Gasteiger partial charge in [-0.05, 0) is 11.1 Å². The first-order valence-electron chi connectivity index (χ1n) is 8.89. The second-order valence-electron chi connectivity index (χ2n) is 6.52. The van der Waals surface area contributed by atoms with Crippen LogP contribution >= 0.6 is 0 Å². The van der Waals surface area contributed by atoms with Crippen molar-refractivity contribution in [3.63, 3.8) is 0 Å². The monoisotopic (exact) mass is 378 g/mol. The topological polar surface area (TPSA) is 85.1 Å². The van der Waals surface area contributed by atoms with Gasteiger partial charge in [0.25, 0.3) is 5.56 Å². The number of aromatic nitrogens is 2. The predicted octanol–water partition coefficient (Wildman–Crippen LogP) is 1.75. The molecule has 0 bridgehead atoms. The Morgan fingerprint density at radius 2 is 1.43 bits per heavy atom. The molecule has 7 heteroatoms. The van der Waals surface area contributed by atoms with Crippen LogP contribution < -0.4 is 22.1 Å². The first kappa shape index (κ1) is 19.2. The van der Waals surface area contributed by atoms with Gasteiger partial charge in [0.2, 0.25) is 5.91 Å². The van der Waals surface area contributed by atoms with Gasteiger partial charge in [0.15, 0.2) is 0 Å². The van der Waals surface area contributed by atoms with Crippen LogP contribution in [0.5, 0.6) is 0 Å². The molecule has 144 valence electrons. The van der Waals surface area contributed by atoms with Gasteiger partial charge in [0.1, 0.15) is 5.82 Å². The van der Waals surface area contributed by atoms with E-state index in [4.69, 9.17) is 0 Å². The molecule has 0 aliphatic heterocycles. The molecule has 0 spiro atoms. The van der Waals surface area contributed by atoms with Crippen LogP contribution in [-0.2, 0) is 18.9 Å². The van der Waals surface area contributed by atoms with Gasteiger partial charge in [0, 0.05) is 32.5 Å². The molecule has 1 aromatic heterocycles. The summed E-state index contributed by atoms with van der Waals surface area (Å²) in [5.74, 6) is -0.153. The lowest BCUT2D eigenvalue weighted by Gasteiger charge is -2.19. The van der Waals surface area contributed by atoms with Gasteiger partial charge in [-0.2, -0.15) is 0 Å². The number of hydrazine groups is 1. The number of nitrogens with zero attached hydrogens (tertiary/aromatic N) is 2. The van der Waals surface area contributed by atoms with Crippen LogP contribution in [0.1, 0.15) is 23.5 Å². The highest BCUT2D eigenvalue weighted by molar-refractivity contribution is 5.78. The number of amides is 1. The lowest BCUT2D eigenvalue weighted by Crippen LogP contribution is -2.40. The van der Waals surface area contributed by atoms with E-state index in [1.54, 1.807) is 0 Å². The highest BCUT2D eigenvalue weighted by Crippen LogP contribution is 2.27. The lowest BCUT2D eigenvalue weighted by molar-refractivity contribution is -0.120. The molecule has 2 N–H and O–H groups in total. The van der Waals surface area contributed by atoms with Crippen LogP contribution in [0.2, 0.25) is 0 Å². The van der Waals surface area contributed by atoms with Gasteiger partial charge in [-0.3, -0.25) is 29.6 Å². The Bertz CT molecular complexity index is 1030. The molecule has 0 unspecified atom stereocenters. The Balaban J connectivity index is 1.77. The Morgan fingerprint density at radius 1 is 0.893 bits per heavy atom. The summed E-state index contributed by atoms with van der Waals surface area (Å²) in [6.07, 6.45) is 0.208. The molecule has 0 aliphatic rings. The van der Waals surface area contributed by atoms with Crippen LogP contribution in [0.25, 0.3) is 0 Å². The first-order chi connectivity index (χ1) is 13.5. The quantitative estimate of drug-likeness (QED) is 0.640. The summed E-state index contributed by atoms with van der Waals surface area (Å²) in [6.45, 7) is 0. The van der Waals surface area contributed by atoms with Crippen molar-refractivity contribution >= 4 is 11.7 Å². The van der Waals surface area contributed by atoms with E-state index in [0.717, 1.165) is 15.7 Å². The molecule has 1 heterocycles. The number of carbonyl (C=O) groups excluding carboxylic acids is 1. The zero-order valence-electron chi connectivity index (χ0n) is 15.8. The second kappa shape index (κ2) is 8.39. The lowest BCUT2D eigenvalue weighted by atomic mass is 9.88. The molecule has 7 nitrogen and oxygen atoms in total. The second-order valence-corrected chi connectivity index (χ2v) is 6.52. The van der Waals surface area contributed by atoms with Crippen LogP contribution in [0.4, 0.5) is 5.82 Å². The highest BCUT2D eigenvalue weighted by Gasteiger charge is 2.18. The van der Waals surface area contributed by atoms with Crippen molar-refractivity contribution in [3.05, 3.63) is 98.7 Å². The minimum absolute atomic E-state index is 0.114. The van der Waals surface area contributed by atoms with Crippen molar-refractivity contribution in [1.82, 2.24) is 14.6 Å². The molecule has 0 aliphatic carbocycles. The SMILES string of the molecule is Cn1c(NNC(=O)CC(c2ccccc2)c2ccccc2)cc(=O)n(C)c1=O. The molecule has 0 saturated heterocycles. The molecule has 3 aromatic rings. The van der Waals surface area contributed by atoms with E-state index < -0.39 is 11.2 Å². The summed E-state index contributed by atoms with van der Waals surface area (Å²) in [4.78, 5) is 36.4. The first-order valence-corrected chi connectivity index (χ1v) is 8.89. The number of hydrogen-bond donors (Lipinski definition) is 2. The van der Waals surface area contributed by atoms with E-state index in [-0.39, 0.29) is 24.1 Å². The van der Waals surface area contributed by atoms with Crippen LogP contribution in [0, 0.1) is 0 Å². The van der Waals surface area contributed by atoms with Gasteiger partial charge in [-0.25, -0.2) is 4.79 Å². The summed E-state index contributed by atoms with van der Waals surface area (Å²) in [5, 5.41) is 0. The molecule has 28 heavy (non-hydrogen) atoms. The van der Waals surface area contributed by atoms with E-state index in [1.807, 2.05) is 60.7 Å². The Kier molecular flexibility index (Phi) is 5.74. The Hall–Kier alpha value is -3.61. The average molecular weight is 378 g/mol. The average Bonchev–Trinajstić information content (AvgIpc) is 2.73. The van der Waals surface area contributed by atoms with E-state index >= 15 is 0 Å². The standard InChI is InChI=1S/C21H22N4O3/c1-24-18(14-20(27)25(2)21(24)28)22-23-19(26)13-17(15-9-5-3-6-10-15)16-11-7-4-8-12-16/h3-12,14,17,22H,13H2,1-2H3,(H,23,26). The number of anilines is 1. The van der Waals surface area contributed by atoms with Crippen LogP contribution in [0.3, 0.4) is 0 Å². The third kappa shape index (κ3) is 4.20. The maximum Gasteiger partial charge on any atom is 0.332 e. The largest absolute Gasteiger partial charge is 0.332 e. The molecular weight excluding hydrogens is 356 g/mol. The van der Waals surface area contributed by atoms with Crippen molar-refractivity contribution in [2.75, 3.05) is 5.43 Å². The van der Waals surface area contributed by atoms with Crippen molar-refractivity contribution in [3.8, 4) is 0 Å². The van der Waals surface area contributed by atoms with E-state index in [9.17, 15) is 14.4 Å². The smallest absolute Gasteiger partial charge is 0.283 e. The predicted molar refractivity (Wildman–Crippen MR) is 108 cm³/mol. The van der Waals surface area contributed by atoms with E-state index in [0.29, 0.717) is 0 Å². The number of benzene rings is 2.